The summed E-state index contributed by atoms with van der Waals surface area (Å²) in [4.78, 5) is 24.1. The number of nitrogens with zero attached hydrogens (tertiary/aromatic N) is 2. The Morgan fingerprint density at radius 2 is 2.31 bits per heavy atom. The van der Waals surface area contributed by atoms with E-state index in [0.717, 1.165) is 11.8 Å². The Morgan fingerprint density at radius 3 is 2.88 bits per heavy atom. The largest absolute Gasteiger partial charge is 0.478 e. The second-order valence-corrected chi connectivity index (χ2v) is 3.15. The lowest BCUT2D eigenvalue weighted by Gasteiger charge is -2.01. The van der Waals surface area contributed by atoms with Gasteiger partial charge in [0, 0.05) is 4.92 Å². The van der Waals surface area contributed by atoms with E-state index in [4.69, 9.17) is 5.11 Å². The first-order valence-corrected chi connectivity index (χ1v) is 4.49. The van der Waals surface area contributed by atoms with Crippen LogP contribution in [0.3, 0.4) is 0 Å². The number of rotatable bonds is 4. The van der Waals surface area contributed by atoms with E-state index in [-0.39, 0.29) is 11.3 Å². The molecule has 6 nitrogen and oxygen atoms in total. The van der Waals surface area contributed by atoms with E-state index in [1.165, 1.54) is 12.1 Å². The van der Waals surface area contributed by atoms with Crippen LogP contribution in [0.5, 0.6) is 0 Å². The Labute approximate surface area is 91.4 Å². The first-order valence-electron chi connectivity index (χ1n) is 4.49. The number of aryl methyl sites for hydroxylation is 1. The molecule has 0 saturated heterocycles. The van der Waals surface area contributed by atoms with Crippen LogP contribution in [0.2, 0.25) is 0 Å². The molecule has 6 heteroatoms. The molecular formula is C10H10N2O4. The number of carboxylic acids is 1. The van der Waals surface area contributed by atoms with E-state index in [2.05, 4.69) is 4.99 Å². The van der Waals surface area contributed by atoms with Gasteiger partial charge in [-0.2, -0.15) is 0 Å². The molecule has 84 valence electrons. The van der Waals surface area contributed by atoms with Gasteiger partial charge in [0.05, 0.1) is 17.5 Å². The van der Waals surface area contributed by atoms with Crippen molar-refractivity contribution in [2.45, 2.75) is 6.92 Å². The molecule has 0 aliphatic heterocycles. The molecular weight excluding hydrogens is 212 g/mol. The average molecular weight is 222 g/mol. The molecule has 0 aliphatic carbocycles. The van der Waals surface area contributed by atoms with Crippen molar-refractivity contribution in [1.82, 2.24) is 0 Å². The minimum absolute atomic E-state index is 0.0413. The maximum absolute atomic E-state index is 10.9. The predicted octanol–water partition coefficient (Wildman–Crippen LogP) is 1.67. The zero-order valence-corrected chi connectivity index (χ0v) is 8.58. The molecule has 1 aromatic rings. The standard InChI is InChI=1S/C10H10N2O4/c1-7-2-3-9(8(6-7)10(13)14)11-4-5-12(15)16/h2-4,6H,5H2,1H3,(H,13,14). The minimum atomic E-state index is -1.10. The summed E-state index contributed by atoms with van der Waals surface area (Å²) in [5, 5.41) is 19.0. The summed E-state index contributed by atoms with van der Waals surface area (Å²) in [6, 6.07) is 4.70. The van der Waals surface area contributed by atoms with Gasteiger partial charge in [-0.3, -0.25) is 15.1 Å². The lowest BCUT2D eigenvalue weighted by atomic mass is 10.1. The lowest BCUT2D eigenvalue weighted by Crippen LogP contribution is -2.02. The molecule has 0 spiro atoms. The van der Waals surface area contributed by atoms with Crippen molar-refractivity contribution >= 4 is 17.9 Å². The molecule has 1 N–H and O–H groups in total. The first kappa shape index (κ1) is 11.8. The van der Waals surface area contributed by atoms with Crippen LogP contribution in [0, 0.1) is 17.0 Å². The Morgan fingerprint density at radius 1 is 1.62 bits per heavy atom. The van der Waals surface area contributed by atoms with Gasteiger partial charge in [-0.1, -0.05) is 11.6 Å². The number of nitro groups is 1. The summed E-state index contributed by atoms with van der Waals surface area (Å²) in [5.41, 5.74) is 1.06. The van der Waals surface area contributed by atoms with Gasteiger partial charge in [0.2, 0.25) is 6.54 Å². The molecule has 0 amide bonds. The predicted molar refractivity (Wildman–Crippen MR) is 58.2 cm³/mol. The van der Waals surface area contributed by atoms with Crippen LogP contribution >= 0.6 is 0 Å². The number of carbonyl (C=O) groups is 1. The number of hydrogen-bond acceptors (Lipinski definition) is 4. The highest BCUT2D eigenvalue weighted by Gasteiger charge is 2.08. The van der Waals surface area contributed by atoms with Crippen LogP contribution in [0.4, 0.5) is 5.69 Å². The molecule has 0 unspecified atom stereocenters. The van der Waals surface area contributed by atoms with Crippen LogP contribution in [-0.2, 0) is 0 Å². The van der Waals surface area contributed by atoms with Crippen molar-refractivity contribution in [1.29, 1.82) is 0 Å². The molecule has 1 rings (SSSR count). The fourth-order valence-electron chi connectivity index (χ4n) is 1.14. The van der Waals surface area contributed by atoms with E-state index in [9.17, 15) is 14.9 Å². The van der Waals surface area contributed by atoms with Crippen molar-refractivity contribution in [3.8, 4) is 0 Å². The van der Waals surface area contributed by atoms with Gasteiger partial charge >= 0.3 is 5.97 Å². The normalized spacial score (nSPS) is 10.6. The summed E-state index contributed by atoms with van der Waals surface area (Å²) < 4.78 is 0. The van der Waals surface area contributed by atoms with E-state index in [1.807, 2.05) is 0 Å². The van der Waals surface area contributed by atoms with Crippen molar-refractivity contribution in [3.05, 3.63) is 39.4 Å². The fraction of sp³-hybridized carbons (Fsp3) is 0.200. The Balaban J connectivity index is 2.99. The van der Waals surface area contributed by atoms with E-state index >= 15 is 0 Å². The van der Waals surface area contributed by atoms with Gasteiger partial charge in [-0.15, -0.1) is 0 Å². The molecule has 0 fully saturated rings. The molecule has 16 heavy (non-hydrogen) atoms. The van der Waals surface area contributed by atoms with E-state index < -0.39 is 17.4 Å². The molecule has 0 atom stereocenters. The molecule has 0 radical (unpaired) electrons. The third-order valence-corrected chi connectivity index (χ3v) is 1.84. The van der Waals surface area contributed by atoms with Crippen LogP contribution in [0.25, 0.3) is 0 Å². The summed E-state index contributed by atoms with van der Waals surface area (Å²) >= 11 is 0. The maximum Gasteiger partial charge on any atom is 0.337 e. The van der Waals surface area contributed by atoms with Gasteiger partial charge in [-0.05, 0) is 19.1 Å². The van der Waals surface area contributed by atoms with Gasteiger partial charge in [0.15, 0.2) is 0 Å². The number of aromatic carboxylic acids is 1. The van der Waals surface area contributed by atoms with E-state index in [0.29, 0.717) is 0 Å². The Kier molecular flexibility index (Phi) is 3.71. The number of hydrogen-bond donors (Lipinski definition) is 1. The minimum Gasteiger partial charge on any atom is -0.478 e. The van der Waals surface area contributed by atoms with Crippen LogP contribution < -0.4 is 0 Å². The summed E-state index contributed by atoms with van der Waals surface area (Å²) in [5.74, 6) is -1.10. The molecule has 0 aromatic heterocycles. The van der Waals surface area contributed by atoms with Crippen LogP contribution in [0.15, 0.2) is 23.2 Å². The summed E-state index contributed by atoms with van der Waals surface area (Å²) in [6.45, 7) is 1.34. The summed E-state index contributed by atoms with van der Waals surface area (Å²) in [6.07, 6.45) is 1.08. The highest BCUT2D eigenvalue weighted by molar-refractivity contribution is 5.94. The van der Waals surface area contributed by atoms with Crippen LogP contribution in [-0.4, -0.2) is 28.8 Å². The van der Waals surface area contributed by atoms with Crippen molar-refractivity contribution in [2.24, 2.45) is 4.99 Å². The Hall–Kier alpha value is -2.24. The quantitative estimate of drug-likeness (QED) is 0.476. The van der Waals surface area contributed by atoms with E-state index in [1.54, 1.807) is 13.0 Å². The SMILES string of the molecule is Cc1ccc(N=CC[N+](=O)[O-])c(C(=O)O)c1. The highest BCUT2D eigenvalue weighted by Crippen LogP contribution is 2.20. The topological polar surface area (TPSA) is 92.8 Å². The molecule has 0 aliphatic rings. The van der Waals surface area contributed by atoms with Gasteiger partial charge in [0.25, 0.3) is 0 Å². The smallest absolute Gasteiger partial charge is 0.337 e. The lowest BCUT2D eigenvalue weighted by molar-refractivity contribution is -0.462. The van der Waals surface area contributed by atoms with Crippen molar-refractivity contribution in [2.75, 3.05) is 6.54 Å². The molecule has 0 saturated carbocycles. The fourth-order valence-corrected chi connectivity index (χ4v) is 1.14. The highest BCUT2D eigenvalue weighted by atomic mass is 16.6. The van der Waals surface area contributed by atoms with Crippen molar-refractivity contribution in [3.63, 3.8) is 0 Å². The average Bonchev–Trinajstić information content (AvgIpc) is 2.19. The first-order chi connectivity index (χ1) is 7.50. The Bertz CT molecular complexity index is 454. The number of aliphatic imine (C=N–C) groups is 1. The number of carboxylic acid groups (broad SMARTS) is 1. The van der Waals surface area contributed by atoms with Gasteiger partial charge < -0.3 is 5.11 Å². The number of benzene rings is 1. The van der Waals surface area contributed by atoms with Gasteiger partial charge in [-0.25, -0.2) is 4.79 Å². The zero-order valence-electron chi connectivity index (χ0n) is 8.58. The summed E-state index contributed by atoms with van der Waals surface area (Å²) in [7, 11) is 0. The monoisotopic (exact) mass is 222 g/mol. The third kappa shape index (κ3) is 3.16. The zero-order chi connectivity index (χ0) is 12.1. The van der Waals surface area contributed by atoms with Gasteiger partial charge in [0.1, 0.15) is 0 Å². The third-order valence-electron chi connectivity index (χ3n) is 1.84. The van der Waals surface area contributed by atoms with Crippen LogP contribution in [0.1, 0.15) is 15.9 Å². The molecule has 1 aromatic carbocycles. The molecule has 0 bridgehead atoms. The maximum atomic E-state index is 10.9. The second-order valence-electron chi connectivity index (χ2n) is 3.15. The van der Waals surface area contributed by atoms with Crippen molar-refractivity contribution < 1.29 is 14.8 Å². The molecule has 0 heterocycles. The second kappa shape index (κ2) is 5.01.